The quantitative estimate of drug-likeness (QED) is 0.612. The topological polar surface area (TPSA) is 52.4 Å². The van der Waals surface area contributed by atoms with Crippen molar-refractivity contribution in [2.75, 3.05) is 6.61 Å². The summed E-state index contributed by atoms with van der Waals surface area (Å²) in [6.07, 6.45) is 0.606. The fourth-order valence-corrected chi connectivity index (χ4v) is 1.68. The third-order valence-electron chi connectivity index (χ3n) is 2.61. The summed E-state index contributed by atoms with van der Waals surface area (Å²) in [5, 5.41) is 10.8. The molecule has 4 nitrogen and oxygen atoms in total. The molecule has 2 aromatic carbocycles. The second kappa shape index (κ2) is 5.95. The summed E-state index contributed by atoms with van der Waals surface area (Å²) in [6, 6.07) is 12.8. The van der Waals surface area contributed by atoms with E-state index in [4.69, 9.17) is 4.74 Å². The van der Waals surface area contributed by atoms with Crippen LogP contribution in [0.2, 0.25) is 0 Å². The van der Waals surface area contributed by atoms with Crippen molar-refractivity contribution in [3.05, 3.63) is 70.0 Å². The third-order valence-corrected chi connectivity index (χ3v) is 2.61. The Kier molecular flexibility index (Phi) is 4.07. The van der Waals surface area contributed by atoms with Crippen molar-refractivity contribution in [1.82, 2.24) is 0 Å². The molecule has 0 bridgehead atoms. The molecule has 0 aromatic heterocycles. The van der Waals surface area contributed by atoms with Crippen molar-refractivity contribution in [3.8, 4) is 5.75 Å². The molecule has 0 aliphatic heterocycles. The molecule has 0 unspecified atom stereocenters. The zero-order chi connectivity index (χ0) is 13.7. The van der Waals surface area contributed by atoms with Gasteiger partial charge >= 0.3 is 5.69 Å². The first-order valence-corrected chi connectivity index (χ1v) is 5.77. The highest BCUT2D eigenvalue weighted by Gasteiger charge is 2.15. The maximum Gasteiger partial charge on any atom is 0.311 e. The van der Waals surface area contributed by atoms with Crippen LogP contribution in [0.4, 0.5) is 10.1 Å². The zero-order valence-electron chi connectivity index (χ0n) is 10.1. The van der Waals surface area contributed by atoms with Crippen LogP contribution in [-0.4, -0.2) is 11.5 Å². The SMILES string of the molecule is O=[N+]([O-])c1ccc(F)cc1OCCc1ccccc1. The molecule has 0 spiro atoms. The summed E-state index contributed by atoms with van der Waals surface area (Å²) < 4.78 is 18.4. The maximum atomic E-state index is 13.1. The summed E-state index contributed by atoms with van der Waals surface area (Å²) in [6.45, 7) is 0.258. The predicted molar refractivity (Wildman–Crippen MR) is 68.7 cm³/mol. The number of ether oxygens (including phenoxy) is 1. The molecule has 0 N–H and O–H groups in total. The Morgan fingerprint density at radius 1 is 1.16 bits per heavy atom. The molecular weight excluding hydrogens is 249 g/mol. The van der Waals surface area contributed by atoms with E-state index in [2.05, 4.69) is 0 Å². The first kappa shape index (κ1) is 13.0. The van der Waals surface area contributed by atoms with E-state index >= 15 is 0 Å². The van der Waals surface area contributed by atoms with Gasteiger partial charge in [0, 0.05) is 18.6 Å². The zero-order valence-corrected chi connectivity index (χ0v) is 10.1. The van der Waals surface area contributed by atoms with Crippen molar-refractivity contribution >= 4 is 5.69 Å². The Labute approximate surface area is 109 Å². The van der Waals surface area contributed by atoms with Gasteiger partial charge in [0.1, 0.15) is 5.82 Å². The molecule has 0 radical (unpaired) electrons. The second-order valence-corrected chi connectivity index (χ2v) is 3.95. The lowest BCUT2D eigenvalue weighted by Crippen LogP contribution is -2.03. The van der Waals surface area contributed by atoms with E-state index < -0.39 is 10.7 Å². The minimum absolute atomic E-state index is 0.0408. The highest BCUT2D eigenvalue weighted by molar-refractivity contribution is 5.46. The van der Waals surface area contributed by atoms with Crippen LogP contribution in [-0.2, 0) is 6.42 Å². The Hall–Kier alpha value is -2.43. The highest BCUT2D eigenvalue weighted by Crippen LogP contribution is 2.27. The molecule has 98 valence electrons. The Balaban J connectivity index is 2.03. The maximum absolute atomic E-state index is 13.1. The number of hydrogen-bond acceptors (Lipinski definition) is 3. The van der Waals surface area contributed by atoms with Gasteiger partial charge < -0.3 is 4.74 Å². The van der Waals surface area contributed by atoms with Crippen LogP contribution >= 0.6 is 0 Å². The number of hydrogen-bond donors (Lipinski definition) is 0. The van der Waals surface area contributed by atoms with Gasteiger partial charge in [-0.2, -0.15) is 0 Å². The van der Waals surface area contributed by atoms with Crippen LogP contribution in [0.1, 0.15) is 5.56 Å². The van der Waals surface area contributed by atoms with Gasteiger partial charge in [0.2, 0.25) is 0 Å². The van der Waals surface area contributed by atoms with Crippen molar-refractivity contribution in [2.45, 2.75) is 6.42 Å². The van der Waals surface area contributed by atoms with Gasteiger partial charge in [-0.05, 0) is 11.6 Å². The van der Waals surface area contributed by atoms with Crippen molar-refractivity contribution < 1.29 is 14.1 Å². The average molecular weight is 261 g/mol. The number of halogens is 1. The molecule has 19 heavy (non-hydrogen) atoms. The first-order chi connectivity index (χ1) is 9.16. The summed E-state index contributed by atoms with van der Waals surface area (Å²) in [4.78, 5) is 10.2. The molecule has 0 saturated carbocycles. The first-order valence-electron chi connectivity index (χ1n) is 5.77. The Morgan fingerprint density at radius 2 is 1.89 bits per heavy atom. The molecule has 0 saturated heterocycles. The van der Waals surface area contributed by atoms with E-state index in [9.17, 15) is 14.5 Å². The van der Waals surface area contributed by atoms with Crippen molar-refractivity contribution in [2.24, 2.45) is 0 Å². The van der Waals surface area contributed by atoms with Gasteiger partial charge in [-0.1, -0.05) is 30.3 Å². The fraction of sp³-hybridized carbons (Fsp3) is 0.143. The molecule has 2 aromatic rings. The van der Waals surface area contributed by atoms with E-state index in [1.165, 1.54) is 0 Å². The van der Waals surface area contributed by atoms with Crippen LogP contribution in [0.5, 0.6) is 5.75 Å². The smallest absolute Gasteiger partial charge is 0.311 e. The van der Waals surface area contributed by atoms with Gasteiger partial charge in [0.15, 0.2) is 5.75 Å². The highest BCUT2D eigenvalue weighted by atomic mass is 19.1. The molecule has 0 atom stereocenters. The van der Waals surface area contributed by atoms with Gasteiger partial charge in [-0.15, -0.1) is 0 Å². The van der Waals surface area contributed by atoms with Crippen LogP contribution < -0.4 is 4.74 Å². The molecule has 2 rings (SSSR count). The van der Waals surface area contributed by atoms with E-state index in [0.717, 1.165) is 23.8 Å². The number of nitrogens with zero attached hydrogens (tertiary/aromatic N) is 1. The molecule has 5 heteroatoms. The minimum Gasteiger partial charge on any atom is -0.486 e. The Bertz CT molecular complexity index is 572. The summed E-state index contributed by atoms with van der Waals surface area (Å²) in [7, 11) is 0. The number of nitro benzene ring substituents is 1. The van der Waals surface area contributed by atoms with Crippen molar-refractivity contribution in [3.63, 3.8) is 0 Å². The van der Waals surface area contributed by atoms with Gasteiger partial charge in [-0.3, -0.25) is 10.1 Å². The number of rotatable bonds is 5. The second-order valence-electron chi connectivity index (χ2n) is 3.95. The van der Waals surface area contributed by atoms with E-state index in [1.807, 2.05) is 30.3 Å². The van der Waals surface area contributed by atoms with Crippen LogP contribution in [0.3, 0.4) is 0 Å². The predicted octanol–water partition coefficient (Wildman–Crippen LogP) is 3.36. The Morgan fingerprint density at radius 3 is 2.58 bits per heavy atom. The lowest BCUT2D eigenvalue weighted by Gasteiger charge is -2.06. The molecule has 0 heterocycles. The fourth-order valence-electron chi connectivity index (χ4n) is 1.68. The minimum atomic E-state index is -0.586. The monoisotopic (exact) mass is 261 g/mol. The molecular formula is C14H12FNO3. The van der Waals surface area contributed by atoms with Crippen LogP contribution in [0.25, 0.3) is 0 Å². The third kappa shape index (κ3) is 3.51. The van der Waals surface area contributed by atoms with E-state index in [0.29, 0.717) is 6.42 Å². The lowest BCUT2D eigenvalue weighted by atomic mass is 10.2. The molecule has 0 aliphatic carbocycles. The normalized spacial score (nSPS) is 10.2. The lowest BCUT2D eigenvalue weighted by molar-refractivity contribution is -0.385. The molecule has 0 amide bonds. The van der Waals surface area contributed by atoms with Gasteiger partial charge in [0.05, 0.1) is 11.5 Å². The summed E-state index contributed by atoms with van der Waals surface area (Å²) >= 11 is 0. The number of nitro groups is 1. The average Bonchev–Trinajstić information content (AvgIpc) is 2.39. The van der Waals surface area contributed by atoms with Crippen LogP contribution in [0, 0.1) is 15.9 Å². The molecule has 0 aliphatic rings. The van der Waals surface area contributed by atoms with Crippen molar-refractivity contribution in [1.29, 1.82) is 0 Å². The van der Waals surface area contributed by atoms with Gasteiger partial charge in [-0.25, -0.2) is 4.39 Å². The van der Waals surface area contributed by atoms with E-state index in [-0.39, 0.29) is 18.0 Å². The number of benzene rings is 2. The van der Waals surface area contributed by atoms with E-state index in [1.54, 1.807) is 0 Å². The molecule has 0 fully saturated rings. The standard InChI is InChI=1S/C14H12FNO3/c15-12-6-7-13(16(17)18)14(10-12)19-9-8-11-4-2-1-3-5-11/h1-7,10H,8-9H2. The summed E-state index contributed by atoms with van der Waals surface area (Å²) in [5.41, 5.74) is 0.830. The largest absolute Gasteiger partial charge is 0.486 e. The van der Waals surface area contributed by atoms with Gasteiger partial charge in [0.25, 0.3) is 0 Å². The summed E-state index contributed by atoms with van der Waals surface area (Å²) in [5.74, 6) is -0.596. The van der Waals surface area contributed by atoms with Crippen LogP contribution in [0.15, 0.2) is 48.5 Å².